The largest absolute Gasteiger partial charge is 0.235 e. The Morgan fingerprint density at radius 1 is 1.50 bits per heavy atom. The molecular formula is C11H10FNO. The van der Waals surface area contributed by atoms with E-state index in [1.165, 1.54) is 12.1 Å². The average molecular weight is 191 g/mol. The number of aryl methyl sites for hydroxylation is 1. The van der Waals surface area contributed by atoms with E-state index in [0.717, 1.165) is 24.8 Å². The van der Waals surface area contributed by atoms with Gasteiger partial charge >= 0.3 is 0 Å². The Morgan fingerprint density at radius 3 is 3.14 bits per heavy atom. The molecule has 1 aliphatic rings. The van der Waals surface area contributed by atoms with Crippen LogP contribution in [0, 0.1) is 5.82 Å². The number of hydrogen-bond donors (Lipinski definition) is 0. The predicted molar refractivity (Wildman–Crippen MR) is 50.2 cm³/mol. The molecule has 0 heterocycles. The lowest BCUT2D eigenvalue weighted by Gasteiger charge is -2.21. The molecule has 0 radical (unpaired) electrons. The maximum absolute atomic E-state index is 13.5. The van der Waals surface area contributed by atoms with Gasteiger partial charge in [-0.3, -0.25) is 0 Å². The van der Waals surface area contributed by atoms with Crippen molar-refractivity contribution < 1.29 is 9.18 Å². The second kappa shape index (κ2) is 3.72. The molecule has 1 atom stereocenters. The molecule has 2 rings (SSSR count). The first-order valence-electron chi connectivity index (χ1n) is 4.67. The van der Waals surface area contributed by atoms with E-state index in [-0.39, 0.29) is 11.9 Å². The minimum atomic E-state index is -0.322. The van der Waals surface area contributed by atoms with Gasteiger partial charge in [0.15, 0.2) is 0 Å². The molecular weight excluding hydrogens is 181 g/mol. The highest BCUT2D eigenvalue weighted by molar-refractivity contribution is 5.39. The van der Waals surface area contributed by atoms with Crippen molar-refractivity contribution in [2.75, 3.05) is 0 Å². The van der Waals surface area contributed by atoms with Crippen LogP contribution in [0.15, 0.2) is 23.2 Å². The van der Waals surface area contributed by atoms with Crippen LogP contribution in [0.25, 0.3) is 0 Å². The highest BCUT2D eigenvalue weighted by Crippen LogP contribution is 2.33. The van der Waals surface area contributed by atoms with Gasteiger partial charge in [-0.1, -0.05) is 12.1 Å². The van der Waals surface area contributed by atoms with Gasteiger partial charge in [-0.05, 0) is 30.9 Å². The summed E-state index contributed by atoms with van der Waals surface area (Å²) in [5.41, 5.74) is 1.56. The molecule has 0 bridgehead atoms. The van der Waals surface area contributed by atoms with Crippen LogP contribution >= 0.6 is 0 Å². The summed E-state index contributed by atoms with van der Waals surface area (Å²) in [6.45, 7) is 0. The Kier molecular flexibility index (Phi) is 2.42. The highest BCUT2D eigenvalue weighted by Gasteiger charge is 2.22. The fourth-order valence-corrected chi connectivity index (χ4v) is 2.00. The van der Waals surface area contributed by atoms with Gasteiger partial charge < -0.3 is 0 Å². The number of rotatable bonds is 1. The topological polar surface area (TPSA) is 29.4 Å². The van der Waals surface area contributed by atoms with Crippen LogP contribution in [0.5, 0.6) is 0 Å². The molecule has 0 saturated carbocycles. The van der Waals surface area contributed by atoms with Crippen molar-refractivity contribution in [2.24, 2.45) is 4.99 Å². The van der Waals surface area contributed by atoms with Gasteiger partial charge in [-0.2, -0.15) is 4.99 Å². The van der Waals surface area contributed by atoms with Gasteiger partial charge in [0.25, 0.3) is 0 Å². The Balaban J connectivity index is 2.51. The van der Waals surface area contributed by atoms with E-state index in [4.69, 9.17) is 0 Å². The maximum atomic E-state index is 13.5. The number of halogens is 1. The quantitative estimate of drug-likeness (QED) is 0.495. The first-order chi connectivity index (χ1) is 6.83. The van der Waals surface area contributed by atoms with Crippen molar-refractivity contribution in [3.8, 4) is 0 Å². The van der Waals surface area contributed by atoms with Crippen LogP contribution in [0.1, 0.15) is 30.0 Å². The summed E-state index contributed by atoms with van der Waals surface area (Å²) in [6, 6.07) is 4.68. The fourth-order valence-electron chi connectivity index (χ4n) is 2.00. The molecule has 0 saturated heterocycles. The molecule has 0 fully saturated rings. The molecule has 0 amide bonds. The molecule has 3 heteroatoms. The third kappa shape index (κ3) is 1.47. The van der Waals surface area contributed by atoms with Gasteiger partial charge in [-0.15, -0.1) is 0 Å². The van der Waals surface area contributed by atoms with E-state index >= 15 is 0 Å². The number of benzene rings is 1. The van der Waals surface area contributed by atoms with Crippen molar-refractivity contribution in [1.82, 2.24) is 0 Å². The molecule has 1 unspecified atom stereocenters. The predicted octanol–water partition coefficient (Wildman–Crippen LogP) is 2.54. The zero-order valence-electron chi connectivity index (χ0n) is 7.66. The number of aliphatic imine (C=N–C) groups is 1. The van der Waals surface area contributed by atoms with E-state index in [1.807, 2.05) is 6.07 Å². The van der Waals surface area contributed by atoms with Crippen LogP contribution in [-0.4, -0.2) is 6.08 Å². The molecule has 1 aromatic carbocycles. The van der Waals surface area contributed by atoms with Gasteiger partial charge in [0.1, 0.15) is 5.82 Å². The normalized spacial score (nSPS) is 19.6. The zero-order valence-corrected chi connectivity index (χ0v) is 7.66. The van der Waals surface area contributed by atoms with Gasteiger partial charge in [0, 0.05) is 5.56 Å². The van der Waals surface area contributed by atoms with Crippen molar-refractivity contribution in [3.05, 3.63) is 35.1 Å². The van der Waals surface area contributed by atoms with Crippen molar-refractivity contribution in [1.29, 1.82) is 0 Å². The number of nitrogens with zero attached hydrogens (tertiary/aromatic N) is 1. The van der Waals surface area contributed by atoms with Gasteiger partial charge in [0.2, 0.25) is 6.08 Å². The Morgan fingerprint density at radius 2 is 2.36 bits per heavy atom. The summed E-state index contributed by atoms with van der Waals surface area (Å²) in [4.78, 5) is 13.8. The van der Waals surface area contributed by atoms with E-state index in [1.54, 1.807) is 6.07 Å². The number of carbonyl (C=O) groups excluding carboxylic acids is 1. The third-order valence-corrected chi connectivity index (χ3v) is 2.61. The lowest BCUT2D eigenvalue weighted by atomic mass is 9.88. The summed E-state index contributed by atoms with van der Waals surface area (Å²) in [5.74, 6) is -0.258. The van der Waals surface area contributed by atoms with Crippen molar-refractivity contribution in [3.63, 3.8) is 0 Å². The van der Waals surface area contributed by atoms with Crippen molar-refractivity contribution >= 4 is 6.08 Å². The molecule has 1 aliphatic carbocycles. The van der Waals surface area contributed by atoms with Crippen LogP contribution in [0.4, 0.5) is 4.39 Å². The first-order valence-corrected chi connectivity index (χ1v) is 4.67. The Labute approximate surface area is 81.5 Å². The molecule has 0 aromatic heterocycles. The molecule has 0 spiro atoms. The highest BCUT2D eigenvalue weighted by atomic mass is 19.1. The lowest BCUT2D eigenvalue weighted by molar-refractivity contribution is 0.510. The summed E-state index contributed by atoms with van der Waals surface area (Å²) in [5, 5.41) is 0. The number of fused-ring (bicyclic) bond motifs is 1. The van der Waals surface area contributed by atoms with E-state index in [0.29, 0.717) is 5.56 Å². The maximum Gasteiger partial charge on any atom is 0.235 e. The van der Waals surface area contributed by atoms with Gasteiger partial charge in [0.05, 0.1) is 6.04 Å². The smallest absolute Gasteiger partial charge is 0.211 e. The lowest BCUT2D eigenvalue weighted by Crippen LogP contribution is -2.10. The standard InChI is InChI=1S/C11H10FNO/c12-9-5-1-3-8-4-2-6-10(11(8)9)13-7-14/h1,3,5,10H,2,4,6H2. The third-order valence-electron chi connectivity index (χ3n) is 2.61. The minimum absolute atomic E-state index is 0.258. The molecule has 14 heavy (non-hydrogen) atoms. The van der Waals surface area contributed by atoms with E-state index in [2.05, 4.69) is 4.99 Å². The van der Waals surface area contributed by atoms with Crippen LogP contribution in [-0.2, 0) is 11.2 Å². The molecule has 0 N–H and O–H groups in total. The van der Waals surface area contributed by atoms with Crippen molar-refractivity contribution in [2.45, 2.75) is 25.3 Å². The Bertz CT molecular complexity index is 396. The average Bonchev–Trinajstić information content (AvgIpc) is 2.19. The molecule has 72 valence electrons. The number of isocyanates is 1. The summed E-state index contributed by atoms with van der Waals surface area (Å²) >= 11 is 0. The fraction of sp³-hybridized carbons (Fsp3) is 0.364. The van der Waals surface area contributed by atoms with Gasteiger partial charge in [-0.25, -0.2) is 9.18 Å². The second-order valence-corrected chi connectivity index (χ2v) is 3.44. The van der Waals surface area contributed by atoms with Crippen LogP contribution in [0.3, 0.4) is 0 Å². The van der Waals surface area contributed by atoms with Crippen LogP contribution in [0.2, 0.25) is 0 Å². The molecule has 0 aliphatic heterocycles. The van der Waals surface area contributed by atoms with E-state index < -0.39 is 0 Å². The zero-order chi connectivity index (χ0) is 9.97. The van der Waals surface area contributed by atoms with Crippen LogP contribution < -0.4 is 0 Å². The number of hydrogen-bond acceptors (Lipinski definition) is 2. The Hall–Kier alpha value is -1.47. The minimum Gasteiger partial charge on any atom is -0.211 e. The summed E-state index contributed by atoms with van der Waals surface area (Å²) < 4.78 is 13.5. The SMILES string of the molecule is O=C=NC1CCCc2cccc(F)c21. The monoisotopic (exact) mass is 191 g/mol. The first kappa shape index (κ1) is 9.10. The molecule has 1 aromatic rings. The summed E-state index contributed by atoms with van der Waals surface area (Å²) in [6.07, 6.45) is 4.08. The summed E-state index contributed by atoms with van der Waals surface area (Å²) in [7, 11) is 0. The van der Waals surface area contributed by atoms with E-state index in [9.17, 15) is 9.18 Å². The molecule has 2 nitrogen and oxygen atoms in total. The second-order valence-electron chi connectivity index (χ2n) is 3.44.